The smallest absolute Gasteiger partial charge is 0.136 e. The van der Waals surface area contributed by atoms with Gasteiger partial charge in [0, 0.05) is 55.7 Å². The fourth-order valence-electron chi connectivity index (χ4n) is 9.14. The highest BCUT2D eigenvalue weighted by Crippen LogP contribution is 2.45. The molecule has 0 spiro atoms. The van der Waals surface area contributed by atoms with E-state index >= 15 is 0 Å². The summed E-state index contributed by atoms with van der Waals surface area (Å²) in [4.78, 5) is 4.65. The van der Waals surface area contributed by atoms with E-state index in [2.05, 4.69) is 233 Å². The number of furan rings is 2. The molecule has 4 nitrogen and oxygen atoms in total. The SMILES string of the molecule is CC(C)(C)c1ccc(N(c2ccccc2)c2ccc3cc4c(cc3c2)oc2ccc3oc5cc6cc(N(c7ccccc7)c7ccc(C(C)(C)C)cc7)ccc6cc5c3c24)cc1. The Morgan fingerprint density at radius 1 is 0.306 bits per heavy atom. The molecule has 2 heterocycles. The minimum atomic E-state index is 0.0779. The Morgan fingerprint density at radius 3 is 1.03 bits per heavy atom. The third-order valence-electron chi connectivity index (χ3n) is 12.5. The molecule has 302 valence electrons. The highest BCUT2D eigenvalue weighted by atomic mass is 16.3. The standard InChI is InChI=1S/C58H48N2O2/c1-57(2,3)41-19-25-45(26-20-41)59(43-13-9-7-10-14-43)47-23-17-37-33-49-53(35-39(37)31-47)61-51-29-30-52-56(55(49)51)50-34-38-18-24-48(32-40(38)36-54(50)62-52)60(44-15-11-8-12-16-44)46-27-21-42(22-28-46)58(4,5)6/h7-36H,1-6H3. The highest BCUT2D eigenvalue weighted by molar-refractivity contribution is 6.27. The second-order valence-electron chi connectivity index (χ2n) is 18.7. The summed E-state index contributed by atoms with van der Waals surface area (Å²) in [6.07, 6.45) is 0. The zero-order valence-electron chi connectivity index (χ0n) is 36.0. The summed E-state index contributed by atoms with van der Waals surface area (Å²) < 4.78 is 13.4. The molecular formula is C58H48N2O2. The van der Waals surface area contributed by atoms with Gasteiger partial charge in [0.25, 0.3) is 0 Å². The van der Waals surface area contributed by atoms with Crippen LogP contribution in [0.1, 0.15) is 52.7 Å². The summed E-state index contributed by atoms with van der Waals surface area (Å²) in [7, 11) is 0. The number of hydrogen-bond acceptors (Lipinski definition) is 4. The van der Waals surface area contributed by atoms with Crippen molar-refractivity contribution in [2.24, 2.45) is 0 Å². The van der Waals surface area contributed by atoms with Gasteiger partial charge in [0.2, 0.25) is 0 Å². The molecule has 0 aliphatic heterocycles. The number of benzene rings is 9. The number of para-hydroxylation sites is 2. The fraction of sp³-hybridized carbons (Fsp3) is 0.138. The van der Waals surface area contributed by atoms with Crippen LogP contribution in [0.3, 0.4) is 0 Å². The zero-order chi connectivity index (χ0) is 42.3. The Balaban J connectivity index is 1.01. The summed E-state index contributed by atoms with van der Waals surface area (Å²) in [5, 5.41) is 8.86. The third kappa shape index (κ3) is 6.46. The molecule has 62 heavy (non-hydrogen) atoms. The van der Waals surface area contributed by atoms with Gasteiger partial charge in [-0.15, -0.1) is 0 Å². The van der Waals surface area contributed by atoms with Crippen molar-refractivity contribution in [3.05, 3.63) is 193 Å². The van der Waals surface area contributed by atoms with E-state index in [9.17, 15) is 0 Å². The molecule has 11 aromatic rings. The molecule has 0 amide bonds. The normalized spacial score (nSPS) is 12.4. The van der Waals surface area contributed by atoms with Gasteiger partial charge in [0.15, 0.2) is 0 Å². The Bertz CT molecular complexity index is 3220. The summed E-state index contributed by atoms with van der Waals surface area (Å²) >= 11 is 0. The van der Waals surface area contributed by atoms with Gasteiger partial charge in [0.1, 0.15) is 22.3 Å². The summed E-state index contributed by atoms with van der Waals surface area (Å²) in [5.41, 5.74) is 12.8. The van der Waals surface area contributed by atoms with E-state index in [0.717, 1.165) is 99.5 Å². The predicted octanol–water partition coefficient (Wildman–Crippen LogP) is 17.3. The molecule has 0 aliphatic rings. The molecule has 0 atom stereocenters. The van der Waals surface area contributed by atoms with Crippen LogP contribution < -0.4 is 9.80 Å². The van der Waals surface area contributed by atoms with Crippen LogP contribution in [0.25, 0.3) is 65.4 Å². The molecule has 0 radical (unpaired) electrons. The van der Waals surface area contributed by atoms with Crippen LogP contribution in [0.5, 0.6) is 0 Å². The maximum atomic E-state index is 6.68. The first-order chi connectivity index (χ1) is 30.0. The Hall–Kier alpha value is -7.30. The Kier molecular flexibility index (Phi) is 8.59. The van der Waals surface area contributed by atoms with E-state index < -0.39 is 0 Å². The second kappa shape index (κ2) is 14.1. The van der Waals surface area contributed by atoms with E-state index in [1.165, 1.54) is 11.1 Å². The maximum absolute atomic E-state index is 6.68. The van der Waals surface area contributed by atoms with Crippen LogP contribution in [0.4, 0.5) is 34.1 Å². The first-order valence-electron chi connectivity index (χ1n) is 21.6. The number of hydrogen-bond donors (Lipinski definition) is 0. The van der Waals surface area contributed by atoms with Crippen molar-refractivity contribution in [3.63, 3.8) is 0 Å². The van der Waals surface area contributed by atoms with Crippen molar-refractivity contribution in [2.75, 3.05) is 9.80 Å². The van der Waals surface area contributed by atoms with Gasteiger partial charge in [-0.2, -0.15) is 0 Å². The largest absolute Gasteiger partial charge is 0.456 e. The van der Waals surface area contributed by atoms with Crippen LogP contribution in [-0.4, -0.2) is 0 Å². The van der Waals surface area contributed by atoms with Crippen molar-refractivity contribution in [3.8, 4) is 0 Å². The minimum Gasteiger partial charge on any atom is -0.456 e. The van der Waals surface area contributed by atoms with Gasteiger partial charge in [-0.25, -0.2) is 0 Å². The van der Waals surface area contributed by atoms with Crippen LogP contribution in [0.2, 0.25) is 0 Å². The quantitative estimate of drug-likeness (QED) is 0.168. The van der Waals surface area contributed by atoms with E-state index in [4.69, 9.17) is 8.83 Å². The summed E-state index contributed by atoms with van der Waals surface area (Å²) in [6, 6.07) is 65.6. The molecular weight excluding hydrogens is 757 g/mol. The van der Waals surface area contributed by atoms with Gasteiger partial charge in [-0.3, -0.25) is 0 Å². The Labute approximate surface area is 362 Å². The van der Waals surface area contributed by atoms with Crippen molar-refractivity contribution in [2.45, 2.75) is 52.4 Å². The van der Waals surface area contributed by atoms with Crippen LogP contribution in [0.15, 0.2) is 191 Å². The maximum Gasteiger partial charge on any atom is 0.136 e. The van der Waals surface area contributed by atoms with Crippen molar-refractivity contribution in [1.29, 1.82) is 0 Å². The molecule has 0 N–H and O–H groups in total. The van der Waals surface area contributed by atoms with E-state index in [0.29, 0.717) is 0 Å². The average molecular weight is 805 g/mol. The number of anilines is 6. The highest BCUT2D eigenvalue weighted by Gasteiger charge is 2.21. The molecule has 11 rings (SSSR count). The van der Waals surface area contributed by atoms with Crippen molar-refractivity contribution in [1.82, 2.24) is 0 Å². The minimum absolute atomic E-state index is 0.0779. The van der Waals surface area contributed by atoms with E-state index in [1.54, 1.807) is 0 Å². The van der Waals surface area contributed by atoms with Gasteiger partial charge < -0.3 is 18.6 Å². The molecule has 0 bridgehead atoms. The molecule has 4 heteroatoms. The zero-order valence-corrected chi connectivity index (χ0v) is 36.0. The van der Waals surface area contributed by atoms with Gasteiger partial charge in [-0.1, -0.05) is 114 Å². The topological polar surface area (TPSA) is 32.8 Å². The molecule has 0 fully saturated rings. The lowest BCUT2D eigenvalue weighted by Gasteiger charge is -2.27. The molecule has 0 saturated carbocycles. The van der Waals surface area contributed by atoms with Gasteiger partial charge in [0.05, 0.1) is 0 Å². The molecule has 9 aromatic carbocycles. The first kappa shape index (κ1) is 37.7. The van der Waals surface area contributed by atoms with Crippen LogP contribution in [0, 0.1) is 0 Å². The molecule has 2 aromatic heterocycles. The first-order valence-corrected chi connectivity index (χ1v) is 21.6. The molecule has 0 saturated heterocycles. The van der Waals surface area contributed by atoms with E-state index in [-0.39, 0.29) is 10.8 Å². The lowest BCUT2D eigenvalue weighted by Crippen LogP contribution is -2.13. The third-order valence-corrected chi connectivity index (χ3v) is 12.5. The van der Waals surface area contributed by atoms with Crippen molar-refractivity contribution < 1.29 is 8.83 Å². The predicted molar refractivity (Wildman–Crippen MR) is 263 cm³/mol. The van der Waals surface area contributed by atoms with Crippen molar-refractivity contribution >= 4 is 99.5 Å². The van der Waals surface area contributed by atoms with E-state index in [1.807, 2.05) is 0 Å². The van der Waals surface area contributed by atoms with Gasteiger partial charge >= 0.3 is 0 Å². The lowest BCUT2D eigenvalue weighted by molar-refractivity contribution is 0.590. The second-order valence-corrected chi connectivity index (χ2v) is 18.7. The van der Waals surface area contributed by atoms with Crippen LogP contribution >= 0.6 is 0 Å². The summed E-state index contributed by atoms with van der Waals surface area (Å²) in [6.45, 7) is 13.5. The average Bonchev–Trinajstić information content (AvgIpc) is 3.82. The fourth-order valence-corrected chi connectivity index (χ4v) is 9.14. The van der Waals surface area contributed by atoms with Gasteiger partial charge in [-0.05, 0) is 153 Å². The lowest BCUT2D eigenvalue weighted by atomic mass is 9.87. The summed E-state index contributed by atoms with van der Waals surface area (Å²) in [5.74, 6) is 0. The number of fused-ring (bicyclic) bond motifs is 9. The monoisotopic (exact) mass is 804 g/mol. The molecule has 0 aliphatic carbocycles. The Morgan fingerprint density at radius 2 is 0.661 bits per heavy atom. The number of nitrogens with zero attached hydrogens (tertiary/aromatic N) is 2. The number of rotatable bonds is 6. The molecule has 0 unspecified atom stereocenters. The van der Waals surface area contributed by atoms with Crippen LogP contribution in [-0.2, 0) is 10.8 Å².